The van der Waals surface area contributed by atoms with E-state index in [1.165, 1.54) is 27.8 Å². The zero-order valence-corrected chi connectivity index (χ0v) is 25.5. The van der Waals surface area contributed by atoms with Crippen LogP contribution in [0.4, 0.5) is 0 Å². The second-order valence-corrected chi connectivity index (χ2v) is 12.0. The van der Waals surface area contributed by atoms with Gasteiger partial charge < -0.3 is 25.5 Å². The largest absolute Gasteiger partial charge is 0.437 e. The van der Waals surface area contributed by atoms with Crippen LogP contribution >= 0.6 is 0 Å². The Hall–Kier alpha value is -4.14. The van der Waals surface area contributed by atoms with Crippen LogP contribution in [0.2, 0.25) is 6.82 Å². The van der Waals surface area contributed by atoms with Crippen molar-refractivity contribution in [3.63, 3.8) is 0 Å². The molecule has 1 unspecified atom stereocenters. The van der Waals surface area contributed by atoms with Gasteiger partial charge in [0.25, 0.3) is 0 Å². The molecule has 3 aromatic carbocycles. The number of aryl methyl sites for hydroxylation is 2. The van der Waals surface area contributed by atoms with E-state index in [9.17, 15) is 14.6 Å². The Morgan fingerprint density at radius 2 is 1.60 bits per heavy atom. The number of hydrogen-bond acceptors (Lipinski definition) is 4. The molecule has 0 saturated heterocycles. The van der Waals surface area contributed by atoms with Crippen molar-refractivity contribution >= 4 is 35.3 Å². The standard InChI is InChI=1S/C35H41BN4O3/c1-35(2,39-36(3)43)34(42)38-32(22-26-23-37-31-18-10-9-16-29(26)31)33(41)40(4)21-11-17-30-27-14-7-5-12-24(27)19-20-25-13-6-8-15-28(25)30/h5-10,12-18,23,32,37,39,43H,11,19-22H2,1-4H3,(H,38,42). The summed E-state index contributed by atoms with van der Waals surface area (Å²) < 4.78 is 0. The zero-order chi connectivity index (χ0) is 30.6. The number of nitrogens with zero attached hydrogens (tertiary/aromatic N) is 1. The summed E-state index contributed by atoms with van der Waals surface area (Å²) in [6, 6.07) is 24.3. The molecule has 43 heavy (non-hydrogen) atoms. The number of likely N-dealkylation sites (N-methyl/N-ethyl adjacent to an activating group) is 1. The van der Waals surface area contributed by atoms with E-state index in [1.807, 2.05) is 30.5 Å². The number of H-pyrrole nitrogens is 1. The molecule has 5 rings (SSSR count). The van der Waals surface area contributed by atoms with Crippen molar-refractivity contribution in [2.45, 2.75) is 57.9 Å². The van der Waals surface area contributed by atoms with Crippen LogP contribution in [-0.2, 0) is 28.9 Å². The fourth-order valence-corrected chi connectivity index (χ4v) is 6.06. The van der Waals surface area contributed by atoms with Gasteiger partial charge in [-0.3, -0.25) is 9.59 Å². The summed E-state index contributed by atoms with van der Waals surface area (Å²) in [5.74, 6) is -0.514. The van der Waals surface area contributed by atoms with E-state index in [4.69, 9.17) is 0 Å². The lowest BCUT2D eigenvalue weighted by Gasteiger charge is -2.30. The van der Waals surface area contributed by atoms with Gasteiger partial charge in [0.1, 0.15) is 6.04 Å². The number of aromatic nitrogens is 1. The summed E-state index contributed by atoms with van der Waals surface area (Å²) in [6.45, 7) is 5.46. The lowest BCUT2D eigenvalue weighted by Crippen LogP contribution is -2.60. The fraction of sp³-hybridized carbons (Fsp3) is 0.314. The normalized spacial score (nSPS) is 13.5. The molecular formula is C35H41BN4O3. The number of para-hydroxylation sites is 1. The van der Waals surface area contributed by atoms with Crippen LogP contribution in [-0.4, -0.2) is 58.9 Å². The van der Waals surface area contributed by atoms with E-state index < -0.39 is 18.6 Å². The van der Waals surface area contributed by atoms with Crippen LogP contribution in [0.3, 0.4) is 0 Å². The maximum atomic E-state index is 13.9. The minimum Gasteiger partial charge on any atom is -0.437 e. The lowest BCUT2D eigenvalue weighted by atomic mass is 9.83. The van der Waals surface area contributed by atoms with Crippen LogP contribution in [0.1, 0.15) is 48.1 Å². The summed E-state index contributed by atoms with van der Waals surface area (Å²) in [4.78, 5) is 32.3. The minimum atomic E-state index is -1.07. The van der Waals surface area contributed by atoms with Gasteiger partial charge in [-0.25, -0.2) is 0 Å². The number of rotatable bonds is 10. The fourth-order valence-electron chi connectivity index (χ4n) is 6.06. The first-order chi connectivity index (χ1) is 20.6. The van der Waals surface area contributed by atoms with Gasteiger partial charge in [-0.05, 0) is 79.4 Å². The average Bonchev–Trinajstić information content (AvgIpc) is 3.32. The number of aromatic amines is 1. The van der Waals surface area contributed by atoms with Gasteiger partial charge in [0, 0.05) is 37.1 Å². The second kappa shape index (κ2) is 13.0. The number of carbonyl (C=O) groups is 2. The molecule has 2 amide bonds. The molecular weight excluding hydrogens is 535 g/mol. The predicted molar refractivity (Wildman–Crippen MR) is 175 cm³/mol. The molecule has 0 spiro atoms. The van der Waals surface area contributed by atoms with Crippen molar-refractivity contribution in [2.75, 3.05) is 13.6 Å². The Labute approximate surface area is 254 Å². The molecule has 4 aromatic rings. The molecule has 7 nitrogen and oxygen atoms in total. The van der Waals surface area contributed by atoms with Crippen molar-refractivity contribution < 1.29 is 14.6 Å². The van der Waals surface area contributed by atoms with Crippen molar-refractivity contribution in [1.82, 2.24) is 20.4 Å². The Morgan fingerprint density at radius 1 is 1.00 bits per heavy atom. The average molecular weight is 577 g/mol. The summed E-state index contributed by atoms with van der Waals surface area (Å²) in [6.07, 6.45) is 7.16. The van der Waals surface area contributed by atoms with Crippen LogP contribution in [0.25, 0.3) is 16.5 Å². The van der Waals surface area contributed by atoms with Gasteiger partial charge in [0.2, 0.25) is 11.8 Å². The zero-order valence-electron chi connectivity index (χ0n) is 25.5. The smallest absolute Gasteiger partial charge is 0.374 e. The molecule has 0 aliphatic heterocycles. The number of amides is 2. The van der Waals surface area contributed by atoms with Crippen LogP contribution in [0.5, 0.6) is 0 Å². The molecule has 222 valence electrons. The third-order valence-electron chi connectivity index (χ3n) is 8.31. The maximum Gasteiger partial charge on any atom is 0.374 e. The molecule has 1 aromatic heterocycles. The van der Waals surface area contributed by atoms with E-state index in [2.05, 4.69) is 70.1 Å². The number of carbonyl (C=O) groups excluding carboxylic acids is 2. The first kappa shape index (κ1) is 30.3. The third kappa shape index (κ3) is 6.92. The molecule has 1 heterocycles. The second-order valence-electron chi connectivity index (χ2n) is 12.0. The Kier molecular flexibility index (Phi) is 9.18. The number of fused-ring (bicyclic) bond motifs is 3. The molecule has 1 atom stereocenters. The van der Waals surface area contributed by atoms with Gasteiger partial charge in [0.15, 0.2) is 0 Å². The number of benzene rings is 3. The summed E-state index contributed by atoms with van der Waals surface area (Å²) >= 11 is 0. The van der Waals surface area contributed by atoms with E-state index >= 15 is 0 Å². The molecule has 0 saturated carbocycles. The van der Waals surface area contributed by atoms with Crippen molar-refractivity contribution in [3.8, 4) is 0 Å². The van der Waals surface area contributed by atoms with Gasteiger partial charge in [-0.15, -0.1) is 0 Å². The van der Waals surface area contributed by atoms with Crippen molar-refractivity contribution in [1.29, 1.82) is 0 Å². The Bertz CT molecular complexity index is 1590. The topological polar surface area (TPSA) is 97.5 Å². The molecule has 0 fully saturated rings. The highest BCUT2D eigenvalue weighted by Crippen LogP contribution is 2.33. The lowest BCUT2D eigenvalue weighted by molar-refractivity contribution is -0.136. The highest BCUT2D eigenvalue weighted by molar-refractivity contribution is 6.46. The van der Waals surface area contributed by atoms with Crippen molar-refractivity contribution in [3.05, 3.63) is 113 Å². The first-order valence-corrected chi connectivity index (χ1v) is 15.1. The SMILES string of the molecule is CB(O)NC(C)(C)C(=O)NC(Cc1c[nH]c2ccccc12)C(=O)N(C)CCC=C1c2ccccc2CCc2ccccc21. The first-order valence-electron chi connectivity index (χ1n) is 15.1. The van der Waals surface area contributed by atoms with Crippen LogP contribution < -0.4 is 10.5 Å². The summed E-state index contributed by atoms with van der Waals surface area (Å²) in [5, 5.41) is 16.8. The Morgan fingerprint density at radius 3 is 2.26 bits per heavy atom. The Balaban J connectivity index is 1.37. The molecule has 0 bridgehead atoms. The van der Waals surface area contributed by atoms with Crippen LogP contribution in [0.15, 0.2) is 85.1 Å². The van der Waals surface area contributed by atoms with Gasteiger partial charge in [0.05, 0.1) is 5.54 Å². The van der Waals surface area contributed by atoms with Gasteiger partial charge >= 0.3 is 7.05 Å². The maximum absolute atomic E-state index is 13.9. The van der Waals surface area contributed by atoms with E-state index in [-0.39, 0.29) is 11.8 Å². The highest BCUT2D eigenvalue weighted by Gasteiger charge is 2.34. The molecule has 1 aliphatic rings. The highest BCUT2D eigenvalue weighted by atomic mass is 16.2. The van der Waals surface area contributed by atoms with Crippen LogP contribution in [0, 0.1) is 0 Å². The van der Waals surface area contributed by atoms with Crippen molar-refractivity contribution in [2.24, 2.45) is 0 Å². The monoisotopic (exact) mass is 576 g/mol. The van der Waals surface area contributed by atoms with E-state index in [0.717, 1.165) is 29.3 Å². The molecule has 0 radical (unpaired) electrons. The van der Waals surface area contributed by atoms with Gasteiger partial charge in [-0.2, -0.15) is 0 Å². The third-order valence-corrected chi connectivity index (χ3v) is 8.31. The predicted octanol–water partition coefficient (Wildman–Crippen LogP) is 4.75. The molecule has 1 aliphatic carbocycles. The minimum absolute atomic E-state index is 0.161. The summed E-state index contributed by atoms with van der Waals surface area (Å²) in [5.41, 5.74) is 7.24. The van der Waals surface area contributed by atoms with E-state index in [0.29, 0.717) is 19.4 Å². The summed E-state index contributed by atoms with van der Waals surface area (Å²) in [7, 11) is 0.919. The van der Waals surface area contributed by atoms with E-state index in [1.54, 1.807) is 32.6 Å². The quantitative estimate of drug-likeness (QED) is 0.205. The number of nitrogens with one attached hydrogen (secondary N) is 3. The number of hydrogen-bond donors (Lipinski definition) is 4. The molecule has 8 heteroatoms. The molecule has 4 N–H and O–H groups in total. The van der Waals surface area contributed by atoms with Gasteiger partial charge in [-0.1, -0.05) is 72.8 Å².